The average Bonchev–Trinajstić information content (AvgIpc) is 2.33. The van der Waals surface area contributed by atoms with Gasteiger partial charge in [-0.05, 0) is 49.5 Å². The predicted octanol–water partition coefficient (Wildman–Crippen LogP) is 2.24. The molecule has 4 heteroatoms. The zero-order chi connectivity index (χ0) is 11.5. The number of benzene rings is 1. The SMILES string of the molecule is O=Cc1cc(F)c(F)cc1C1CCNCC1. The van der Waals surface area contributed by atoms with Gasteiger partial charge in [-0.15, -0.1) is 0 Å². The van der Waals surface area contributed by atoms with E-state index >= 15 is 0 Å². The summed E-state index contributed by atoms with van der Waals surface area (Å²) in [6.07, 6.45) is 2.30. The molecule has 0 amide bonds. The van der Waals surface area contributed by atoms with Crippen molar-refractivity contribution in [2.45, 2.75) is 18.8 Å². The number of nitrogens with one attached hydrogen (secondary N) is 1. The van der Waals surface area contributed by atoms with Crippen LogP contribution in [0, 0.1) is 11.6 Å². The van der Waals surface area contributed by atoms with Gasteiger partial charge in [0.05, 0.1) is 0 Å². The summed E-state index contributed by atoms with van der Waals surface area (Å²) in [4.78, 5) is 10.8. The van der Waals surface area contributed by atoms with E-state index < -0.39 is 11.6 Å². The molecule has 86 valence electrons. The highest BCUT2D eigenvalue weighted by atomic mass is 19.2. The second kappa shape index (κ2) is 4.70. The Hall–Kier alpha value is -1.29. The normalized spacial score (nSPS) is 17.4. The Balaban J connectivity index is 2.37. The van der Waals surface area contributed by atoms with Crippen LogP contribution in [0.3, 0.4) is 0 Å². The largest absolute Gasteiger partial charge is 0.317 e. The number of hydrogen-bond acceptors (Lipinski definition) is 2. The molecular weight excluding hydrogens is 212 g/mol. The van der Waals surface area contributed by atoms with Crippen molar-refractivity contribution in [3.8, 4) is 0 Å². The van der Waals surface area contributed by atoms with E-state index in [0.29, 0.717) is 11.8 Å². The number of carbonyl (C=O) groups excluding carboxylic acids is 1. The molecule has 16 heavy (non-hydrogen) atoms. The maximum atomic E-state index is 13.1. The first-order valence-electron chi connectivity index (χ1n) is 5.37. The molecule has 0 atom stereocenters. The fourth-order valence-electron chi connectivity index (χ4n) is 2.17. The Bertz CT molecular complexity index is 400. The van der Waals surface area contributed by atoms with Crippen LogP contribution >= 0.6 is 0 Å². The number of aldehydes is 1. The predicted molar refractivity (Wildman–Crippen MR) is 56.6 cm³/mol. The lowest BCUT2D eigenvalue weighted by atomic mass is 9.87. The highest BCUT2D eigenvalue weighted by Crippen LogP contribution is 2.28. The number of carbonyl (C=O) groups is 1. The highest BCUT2D eigenvalue weighted by molar-refractivity contribution is 5.77. The van der Waals surface area contributed by atoms with Crippen LogP contribution in [-0.2, 0) is 0 Å². The molecule has 2 rings (SSSR count). The van der Waals surface area contributed by atoms with Crippen LogP contribution in [0.15, 0.2) is 12.1 Å². The Morgan fingerprint density at radius 2 is 1.81 bits per heavy atom. The Kier molecular flexibility index (Phi) is 3.29. The van der Waals surface area contributed by atoms with Gasteiger partial charge in [-0.1, -0.05) is 0 Å². The van der Waals surface area contributed by atoms with Crippen molar-refractivity contribution in [2.24, 2.45) is 0 Å². The maximum Gasteiger partial charge on any atom is 0.159 e. The number of piperidine rings is 1. The van der Waals surface area contributed by atoms with Gasteiger partial charge in [0.25, 0.3) is 0 Å². The molecule has 1 aromatic carbocycles. The highest BCUT2D eigenvalue weighted by Gasteiger charge is 2.20. The van der Waals surface area contributed by atoms with E-state index in [0.717, 1.165) is 38.1 Å². The van der Waals surface area contributed by atoms with E-state index in [-0.39, 0.29) is 11.5 Å². The van der Waals surface area contributed by atoms with Gasteiger partial charge >= 0.3 is 0 Å². The van der Waals surface area contributed by atoms with Gasteiger partial charge < -0.3 is 5.32 Å². The first-order valence-corrected chi connectivity index (χ1v) is 5.37. The van der Waals surface area contributed by atoms with Gasteiger partial charge in [-0.25, -0.2) is 8.78 Å². The zero-order valence-corrected chi connectivity index (χ0v) is 8.80. The first-order chi connectivity index (χ1) is 7.72. The van der Waals surface area contributed by atoms with Crippen molar-refractivity contribution in [1.29, 1.82) is 0 Å². The molecule has 1 saturated heterocycles. The van der Waals surface area contributed by atoms with Gasteiger partial charge in [0, 0.05) is 5.56 Å². The number of hydrogen-bond donors (Lipinski definition) is 1. The summed E-state index contributed by atoms with van der Waals surface area (Å²) in [5.41, 5.74) is 0.904. The van der Waals surface area contributed by atoms with Crippen LogP contribution in [0.2, 0.25) is 0 Å². The van der Waals surface area contributed by atoms with Gasteiger partial charge in [0.2, 0.25) is 0 Å². The van der Waals surface area contributed by atoms with E-state index in [9.17, 15) is 13.6 Å². The van der Waals surface area contributed by atoms with Crippen LogP contribution in [0.1, 0.15) is 34.7 Å². The third kappa shape index (κ3) is 2.11. The Morgan fingerprint density at radius 3 is 2.44 bits per heavy atom. The molecular formula is C12H13F2NO. The smallest absolute Gasteiger partial charge is 0.159 e. The maximum absolute atomic E-state index is 13.1. The minimum atomic E-state index is -0.959. The van der Waals surface area contributed by atoms with Crippen molar-refractivity contribution >= 4 is 6.29 Å². The summed E-state index contributed by atoms with van der Waals surface area (Å²) in [6.45, 7) is 1.70. The molecule has 0 unspecified atom stereocenters. The minimum absolute atomic E-state index is 0.150. The lowest BCUT2D eigenvalue weighted by molar-refractivity contribution is 0.112. The topological polar surface area (TPSA) is 29.1 Å². The van der Waals surface area contributed by atoms with Crippen LogP contribution < -0.4 is 5.32 Å². The molecule has 1 N–H and O–H groups in total. The monoisotopic (exact) mass is 225 g/mol. The van der Waals surface area contributed by atoms with E-state index in [1.165, 1.54) is 0 Å². The van der Waals surface area contributed by atoms with Gasteiger partial charge in [-0.2, -0.15) is 0 Å². The van der Waals surface area contributed by atoms with E-state index in [1.807, 2.05) is 0 Å². The summed E-state index contributed by atoms with van der Waals surface area (Å²) in [6, 6.07) is 2.15. The molecule has 0 aromatic heterocycles. The minimum Gasteiger partial charge on any atom is -0.317 e. The first kappa shape index (κ1) is 11.2. The molecule has 1 aromatic rings. The zero-order valence-electron chi connectivity index (χ0n) is 8.80. The van der Waals surface area contributed by atoms with Crippen LogP contribution in [0.5, 0.6) is 0 Å². The summed E-state index contributed by atoms with van der Waals surface area (Å²) in [5, 5.41) is 3.19. The quantitative estimate of drug-likeness (QED) is 0.782. The summed E-state index contributed by atoms with van der Waals surface area (Å²) in [7, 11) is 0. The summed E-state index contributed by atoms with van der Waals surface area (Å²) >= 11 is 0. The van der Waals surface area contributed by atoms with E-state index in [1.54, 1.807) is 0 Å². The molecule has 2 nitrogen and oxygen atoms in total. The second-order valence-corrected chi connectivity index (χ2v) is 4.04. The average molecular weight is 225 g/mol. The Labute approximate surface area is 92.7 Å². The number of halogens is 2. The molecule has 0 bridgehead atoms. The van der Waals surface area contributed by atoms with Crippen LogP contribution in [0.25, 0.3) is 0 Å². The van der Waals surface area contributed by atoms with E-state index in [4.69, 9.17) is 0 Å². The van der Waals surface area contributed by atoms with Crippen molar-refractivity contribution in [3.05, 3.63) is 34.9 Å². The molecule has 1 aliphatic heterocycles. The van der Waals surface area contributed by atoms with Crippen molar-refractivity contribution < 1.29 is 13.6 Å². The molecule has 0 radical (unpaired) electrons. The lowest BCUT2D eigenvalue weighted by Gasteiger charge is -2.24. The van der Waals surface area contributed by atoms with Crippen LogP contribution in [-0.4, -0.2) is 19.4 Å². The second-order valence-electron chi connectivity index (χ2n) is 4.04. The van der Waals surface area contributed by atoms with Gasteiger partial charge in [-0.3, -0.25) is 4.79 Å². The molecule has 1 fully saturated rings. The van der Waals surface area contributed by atoms with Gasteiger partial charge in [0.15, 0.2) is 11.6 Å². The Morgan fingerprint density at radius 1 is 1.19 bits per heavy atom. The fourth-order valence-corrected chi connectivity index (χ4v) is 2.17. The fraction of sp³-hybridized carbons (Fsp3) is 0.417. The number of rotatable bonds is 2. The molecule has 1 aliphatic rings. The van der Waals surface area contributed by atoms with Crippen molar-refractivity contribution in [3.63, 3.8) is 0 Å². The van der Waals surface area contributed by atoms with Crippen molar-refractivity contribution in [1.82, 2.24) is 5.32 Å². The summed E-state index contributed by atoms with van der Waals surface area (Å²) < 4.78 is 26.1. The van der Waals surface area contributed by atoms with Crippen molar-refractivity contribution in [2.75, 3.05) is 13.1 Å². The van der Waals surface area contributed by atoms with E-state index in [2.05, 4.69) is 5.32 Å². The van der Waals surface area contributed by atoms with Gasteiger partial charge in [0.1, 0.15) is 6.29 Å². The standard InChI is InChI=1S/C12H13F2NO/c13-11-5-9(7-16)10(6-12(11)14)8-1-3-15-4-2-8/h5-8,15H,1-4H2. The molecule has 0 spiro atoms. The van der Waals surface area contributed by atoms with Crippen LogP contribution in [0.4, 0.5) is 8.78 Å². The molecule has 1 heterocycles. The summed E-state index contributed by atoms with van der Waals surface area (Å²) in [5.74, 6) is -1.68. The molecule has 0 aliphatic carbocycles. The molecule has 0 saturated carbocycles. The third-order valence-corrected chi connectivity index (χ3v) is 3.03. The lowest BCUT2D eigenvalue weighted by Crippen LogP contribution is -2.27. The third-order valence-electron chi connectivity index (χ3n) is 3.03.